The summed E-state index contributed by atoms with van der Waals surface area (Å²) in [5.74, 6) is 0.997. The summed E-state index contributed by atoms with van der Waals surface area (Å²) in [6, 6.07) is 19.4. The third kappa shape index (κ3) is 1.86. The molecule has 3 aromatic rings. The van der Waals surface area contributed by atoms with Gasteiger partial charge >= 0.3 is 5.97 Å². The number of esters is 1. The highest BCUT2D eigenvalue weighted by Gasteiger charge is 2.33. The molecule has 1 aromatic heterocycles. The van der Waals surface area contributed by atoms with Crippen LogP contribution in [0.5, 0.6) is 0 Å². The maximum absolute atomic E-state index is 12.0. The van der Waals surface area contributed by atoms with Crippen LogP contribution < -0.4 is 0 Å². The molecule has 2 aromatic carbocycles. The van der Waals surface area contributed by atoms with Crippen LogP contribution in [0, 0.1) is 0 Å². The number of hydrogen-bond acceptors (Lipinski definition) is 3. The van der Waals surface area contributed by atoms with Crippen LogP contribution in [-0.2, 0) is 11.3 Å². The van der Waals surface area contributed by atoms with E-state index in [9.17, 15) is 4.79 Å². The van der Waals surface area contributed by atoms with Crippen molar-refractivity contribution in [2.75, 3.05) is 0 Å². The van der Waals surface area contributed by atoms with E-state index in [-0.39, 0.29) is 12.6 Å². The second-order valence-electron chi connectivity index (χ2n) is 4.92. The molecule has 1 aliphatic rings. The molecule has 0 amide bonds. The fourth-order valence-electron chi connectivity index (χ4n) is 2.64. The predicted molar refractivity (Wildman–Crippen MR) is 78.7 cm³/mol. The summed E-state index contributed by atoms with van der Waals surface area (Å²) in [4.78, 5) is 12.0. The zero-order chi connectivity index (χ0) is 14.2. The van der Waals surface area contributed by atoms with Gasteiger partial charge in [-0.25, -0.2) is 4.79 Å². The van der Waals surface area contributed by atoms with Gasteiger partial charge in [0.2, 0.25) is 0 Å². The molecule has 0 saturated carbocycles. The molecule has 0 aliphatic carbocycles. The van der Waals surface area contributed by atoms with E-state index in [0.29, 0.717) is 11.3 Å². The first kappa shape index (κ1) is 12.0. The lowest BCUT2D eigenvalue weighted by Gasteiger charge is -2.01. The van der Waals surface area contributed by atoms with Crippen molar-refractivity contribution >= 4 is 5.97 Å². The molecule has 102 valence electrons. The lowest BCUT2D eigenvalue weighted by Crippen LogP contribution is -1.94. The van der Waals surface area contributed by atoms with Gasteiger partial charge in [-0.05, 0) is 0 Å². The van der Waals surface area contributed by atoms with Crippen molar-refractivity contribution in [1.82, 2.24) is 0 Å². The van der Waals surface area contributed by atoms with E-state index in [4.69, 9.17) is 9.15 Å². The van der Waals surface area contributed by atoms with Gasteiger partial charge in [0, 0.05) is 11.1 Å². The molecule has 3 heteroatoms. The highest BCUT2D eigenvalue weighted by atomic mass is 16.5. The van der Waals surface area contributed by atoms with Crippen molar-refractivity contribution in [1.29, 1.82) is 0 Å². The number of cyclic esters (lactones) is 1. The Morgan fingerprint density at radius 1 is 0.762 bits per heavy atom. The summed E-state index contributed by atoms with van der Waals surface area (Å²) in [6.07, 6.45) is 0. The lowest BCUT2D eigenvalue weighted by molar-refractivity contribution is 0.0532. The van der Waals surface area contributed by atoms with Gasteiger partial charge in [0.05, 0.1) is 5.56 Å². The summed E-state index contributed by atoms with van der Waals surface area (Å²) in [6.45, 7) is 0.273. The molecule has 0 atom stereocenters. The summed E-state index contributed by atoms with van der Waals surface area (Å²) in [5, 5.41) is 0. The van der Waals surface area contributed by atoms with Crippen LogP contribution in [0.1, 0.15) is 15.9 Å². The van der Waals surface area contributed by atoms with E-state index in [0.717, 1.165) is 22.5 Å². The Labute approximate surface area is 121 Å². The summed E-state index contributed by atoms with van der Waals surface area (Å²) >= 11 is 0. The van der Waals surface area contributed by atoms with E-state index in [1.165, 1.54) is 0 Å². The van der Waals surface area contributed by atoms with Crippen LogP contribution in [0.4, 0.5) is 0 Å². The zero-order valence-corrected chi connectivity index (χ0v) is 11.2. The first-order valence-electron chi connectivity index (χ1n) is 6.78. The van der Waals surface area contributed by atoms with Crippen LogP contribution >= 0.6 is 0 Å². The number of carbonyl (C=O) groups excluding carboxylic acids is 1. The average molecular weight is 276 g/mol. The van der Waals surface area contributed by atoms with Gasteiger partial charge in [-0.1, -0.05) is 60.7 Å². The Hall–Kier alpha value is -2.81. The number of benzene rings is 2. The minimum absolute atomic E-state index is 0.273. The third-order valence-corrected chi connectivity index (χ3v) is 3.63. The minimum Gasteiger partial charge on any atom is -0.457 e. The van der Waals surface area contributed by atoms with Crippen molar-refractivity contribution in [2.24, 2.45) is 0 Å². The second-order valence-corrected chi connectivity index (χ2v) is 4.92. The summed E-state index contributed by atoms with van der Waals surface area (Å²) < 4.78 is 11.2. The molecule has 0 bridgehead atoms. The van der Waals surface area contributed by atoms with Crippen LogP contribution in [0.3, 0.4) is 0 Å². The van der Waals surface area contributed by atoms with Gasteiger partial charge in [0.25, 0.3) is 0 Å². The summed E-state index contributed by atoms with van der Waals surface area (Å²) in [5.41, 5.74) is 3.23. The highest BCUT2D eigenvalue weighted by Crippen LogP contribution is 2.40. The molecule has 21 heavy (non-hydrogen) atoms. The smallest absolute Gasteiger partial charge is 0.342 e. The topological polar surface area (TPSA) is 39.4 Å². The molecule has 0 N–H and O–H groups in total. The molecule has 3 nitrogen and oxygen atoms in total. The van der Waals surface area contributed by atoms with Crippen LogP contribution in [0.2, 0.25) is 0 Å². The molecule has 0 saturated heterocycles. The number of carbonyl (C=O) groups is 1. The highest BCUT2D eigenvalue weighted by molar-refractivity contribution is 6.01. The summed E-state index contributed by atoms with van der Waals surface area (Å²) in [7, 11) is 0. The number of rotatable bonds is 2. The zero-order valence-electron chi connectivity index (χ0n) is 11.2. The Balaban J connectivity index is 1.96. The molecule has 4 rings (SSSR count). The minimum atomic E-state index is -0.310. The molecule has 0 unspecified atom stereocenters. The van der Waals surface area contributed by atoms with Crippen molar-refractivity contribution in [3.8, 4) is 22.6 Å². The number of furan rings is 1. The van der Waals surface area contributed by atoms with Gasteiger partial charge in [-0.15, -0.1) is 0 Å². The second kappa shape index (κ2) is 4.63. The van der Waals surface area contributed by atoms with E-state index >= 15 is 0 Å². The van der Waals surface area contributed by atoms with Gasteiger partial charge in [0.1, 0.15) is 23.7 Å². The molecular formula is C18H12O3. The fourth-order valence-corrected chi connectivity index (χ4v) is 2.64. The molecule has 0 fully saturated rings. The van der Waals surface area contributed by atoms with Gasteiger partial charge in [0.15, 0.2) is 0 Å². The maximum atomic E-state index is 12.0. The Morgan fingerprint density at radius 3 is 1.95 bits per heavy atom. The first-order valence-corrected chi connectivity index (χ1v) is 6.78. The van der Waals surface area contributed by atoms with Gasteiger partial charge in [-0.3, -0.25) is 0 Å². The van der Waals surface area contributed by atoms with Crippen LogP contribution in [-0.4, -0.2) is 5.97 Å². The number of ether oxygens (including phenoxy) is 1. The predicted octanol–water partition coefficient (Wildman–Crippen LogP) is 4.28. The Kier molecular flexibility index (Phi) is 2.64. The monoisotopic (exact) mass is 276 g/mol. The Morgan fingerprint density at radius 2 is 1.33 bits per heavy atom. The van der Waals surface area contributed by atoms with Crippen molar-refractivity contribution in [2.45, 2.75) is 6.61 Å². The van der Waals surface area contributed by atoms with E-state index in [2.05, 4.69) is 0 Å². The molecule has 0 spiro atoms. The lowest BCUT2D eigenvalue weighted by atomic mass is 10.0. The standard InChI is InChI=1S/C18H12O3/c19-18-15-14(11-20-18)16(12-7-3-1-4-8-12)21-17(15)13-9-5-2-6-10-13/h1-10H,11H2. The molecular weight excluding hydrogens is 264 g/mol. The Bertz CT molecular complexity index is 801. The van der Waals surface area contributed by atoms with Gasteiger partial charge in [-0.2, -0.15) is 0 Å². The van der Waals surface area contributed by atoms with E-state index in [1.807, 2.05) is 60.7 Å². The number of fused-ring (bicyclic) bond motifs is 1. The quantitative estimate of drug-likeness (QED) is 0.656. The largest absolute Gasteiger partial charge is 0.457 e. The molecule has 1 aliphatic heterocycles. The normalized spacial score (nSPS) is 13.0. The van der Waals surface area contributed by atoms with Crippen molar-refractivity contribution < 1.29 is 13.9 Å². The SMILES string of the molecule is O=C1OCc2c(-c3ccccc3)oc(-c3ccccc3)c21. The fraction of sp³-hybridized carbons (Fsp3) is 0.0556. The van der Waals surface area contributed by atoms with E-state index < -0.39 is 0 Å². The first-order chi connectivity index (χ1) is 10.3. The van der Waals surface area contributed by atoms with Gasteiger partial charge < -0.3 is 9.15 Å². The van der Waals surface area contributed by atoms with Crippen LogP contribution in [0.25, 0.3) is 22.6 Å². The van der Waals surface area contributed by atoms with E-state index in [1.54, 1.807) is 0 Å². The third-order valence-electron chi connectivity index (χ3n) is 3.63. The molecule has 2 heterocycles. The molecule has 0 radical (unpaired) electrons. The number of hydrogen-bond donors (Lipinski definition) is 0. The maximum Gasteiger partial charge on any atom is 0.342 e. The van der Waals surface area contributed by atoms with Crippen molar-refractivity contribution in [3.63, 3.8) is 0 Å². The van der Waals surface area contributed by atoms with Crippen LogP contribution in [0.15, 0.2) is 65.1 Å². The van der Waals surface area contributed by atoms with Crippen molar-refractivity contribution in [3.05, 3.63) is 71.8 Å². The average Bonchev–Trinajstić information content (AvgIpc) is 3.10.